The number of sulfonamides is 1. The van der Waals surface area contributed by atoms with E-state index in [-0.39, 0.29) is 11.8 Å². The van der Waals surface area contributed by atoms with Crippen LogP contribution in [-0.2, 0) is 10.0 Å². The van der Waals surface area contributed by atoms with Crippen LogP contribution in [-0.4, -0.2) is 39.7 Å². The maximum Gasteiger partial charge on any atom is 0.211 e. The Morgan fingerprint density at radius 3 is 2.28 bits per heavy atom. The molecule has 0 aromatic heterocycles. The zero-order valence-electron chi connectivity index (χ0n) is 10.9. The minimum absolute atomic E-state index is 0.0106. The molecule has 0 spiro atoms. The van der Waals surface area contributed by atoms with Crippen LogP contribution in [0.2, 0.25) is 5.02 Å². The van der Waals surface area contributed by atoms with E-state index in [1.807, 2.05) is 43.3 Å². The predicted molar refractivity (Wildman–Crippen MR) is 75.3 cm³/mol. The summed E-state index contributed by atoms with van der Waals surface area (Å²) < 4.78 is 25.5. The molecule has 18 heavy (non-hydrogen) atoms. The Morgan fingerprint density at radius 2 is 1.83 bits per heavy atom. The fraction of sp³-hybridized carbons (Fsp3) is 0.500. The molecular weight excluding hydrogens is 272 g/mol. The summed E-state index contributed by atoms with van der Waals surface area (Å²) >= 11 is 5.84. The Kier molecular flexibility index (Phi) is 5.59. The molecule has 1 N–H and O–H groups in total. The molecule has 4 nitrogen and oxygen atoms in total. The molecule has 0 heterocycles. The van der Waals surface area contributed by atoms with Crippen molar-refractivity contribution in [1.29, 1.82) is 0 Å². The van der Waals surface area contributed by atoms with Crippen molar-refractivity contribution in [3.63, 3.8) is 0 Å². The summed E-state index contributed by atoms with van der Waals surface area (Å²) in [6, 6.07) is 7.42. The maximum absolute atomic E-state index is 11.5. The van der Waals surface area contributed by atoms with Gasteiger partial charge in [-0.25, -0.2) is 13.1 Å². The van der Waals surface area contributed by atoms with Crippen LogP contribution in [0.5, 0.6) is 0 Å². The van der Waals surface area contributed by atoms with Gasteiger partial charge < -0.3 is 4.90 Å². The first-order valence-electron chi connectivity index (χ1n) is 5.75. The first-order valence-corrected chi connectivity index (χ1v) is 7.78. The summed E-state index contributed by atoms with van der Waals surface area (Å²) in [5.74, 6) is 0.0910. The lowest BCUT2D eigenvalue weighted by atomic mass is 10.1. The van der Waals surface area contributed by atoms with Crippen molar-refractivity contribution in [3.05, 3.63) is 34.9 Å². The average molecular weight is 291 g/mol. The molecule has 1 rings (SSSR count). The van der Waals surface area contributed by atoms with Crippen LogP contribution in [0.4, 0.5) is 0 Å². The smallest absolute Gasteiger partial charge is 0.211 e. The molecule has 0 saturated heterocycles. The number of hydrogen-bond donors (Lipinski definition) is 1. The molecule has 0 aliphatic heterocycles. The molecule has 0 saturated carbocycles. The van der Waals surface area contributed by atoms with Gasteiger partial charge in [0.05, 0.1) is 5.75 Å². The average Bonchev–Trinajstić information content (AvgIpc) is 2.31. The lowest BCUT2D eigenvalue weighted by Gasteiger charge is -2.25. The van der Waals surface area contributed by atoms with Gasteiger partial charge in [0.1, 0.15) is 0 Å². The zero-order chi connectivity index (χ0) is 13.8. The van der Waals surface area contributed by atoms with Gasteiger partial charge >= 0.3 is 0 Å². The highest BCUT2D eigenvalue weighted by molar-refractivity contribution is 7.89. The first-order chi connectivity index (χ1) is 8.35. The molecular formula is C12H19ClN2O2S. The van der Waals surface area contributed by atoms with E-state index in [2.05, 4.69) is 4.72 Å². The summed E-state index contributed by atoms with van der Waals surface area (Å²) in [4.78, 5) is 1.97. The van der Waals surface area contributed by atoms with Crippen LogP contribution in [0.25, 0.3) is 0 Å². The Bertz CT molecular complexity index is 471. The monoisotopic (exact) mass is 290 g/mol. The fourth-order valence-corrected chi connectivity index (χ4v) is 2.33. The molecule has 6 heteroatoms. The van der Waals surface area contributed by atoms with Gasteiger partial charge in [-0.1, -0.05) is 23.7 Å². The normalized spacial score (nSPS) is 13.8. The number of nitrogens with one attached hydrogen (secondary N) is 1. The Morgan fingerprint density at radius 1 is 1.28 bits per heavy atom. The van der Waals surface area contributed by atoms with Gasteiger partial charge in [-0.3, -0.25) is 0 Å². The first kappa shape index (κ1) is 15.4. The maximum atomic E-state index is 11.5. The third kappa shape index (κ3) is 4.57. The quantitative estimate of drug-likeness (QED) is 0.870. The minimum atomic E-state index is -3.17. The van der Waals surface area contributed by atoms with Crippen molar-refractivity contribution in [2.24, 2.45) is 0 Å². The zero-order valence-corrected chi connectivity index (χ0v) is 12.4. The van der Waals surface area contributed by atoms with Gasteiger partial charge in [-0.15, -0.1) is 0 Å². The third-order valence-electron chi connectivity index (χ3n) is 2.75. The predicted octanol–water partition coefficient (Wildman–Crippen LogP) is 1.88. The Balaban J connectivity index is 2.81. The van der Waals surface area contributed by atoms with Crippen LogP contribution < -0.4 is 4.72 Å². The highest BCUT2D eigenvalue weighted by Crippen LogP contribution is 2.19. The molecule has 0 aliphatic carbocycles. The van der Waals surface area contributed by atoms with Gasteiger partial charge in [-0.2, -0.15) is 0 Å². The molecule has 0 radical (unpaired) electrons. The SMILES string of the molecule is CCS(=O)(=O)NC[C@@H](c1ccc(Cl)cc1)N(C)C. The summed E-state index contributed by atoms with van der Waals surface area (Å²) in [6.07, 6.45) is 0. The van der Waals surface area contributed by atoms with Crippen LogP contribution in [0.3, 0.4) is 0 Å². The van der Waals surface area contributed by atoms with Crippen molar-refractivity contribution in [3.8, 4) is 0 Å². The molecule has 1 aromatic rings. The standard InChI is InChI=1S/C12H19ClN2O2S/c1-4-18(16,17)14-9-12(15(2)3)10-5-7-11(13)8-6-10/h5-8,12,14H,4,9H2,1-3H3/t12-/m0/s1. The number of nitrogens with zero attached hydrogens (tertiary/aromatic N) is 1. The van der Waals surface area contributed by atoms with Crippen molar-refractivity contribution in [2.45, 2.75) is 13.0 Å². The molecule has 0 fully saturated rings. The van der Waals surface area contributed by atoms with Gasteiger partial charge in [0, 0.05) is 17.6 Å². The second-order valence-electron chi connectivity index (χ2n) is 4.28. The molecule has 0 unspecified atom stereocenters. The van der Waals surface area contributed by atoms with E-state index in [1.54, 1.807) is 6.92 Å². The van der Waals surface area contributed by atoms with Crippen molar-refractivity contribution in [2.75, 3.05) is 26.4 Å². The minimum Gasteiger partial charge on any atom is -0.301 e. The molecule has 102 valence electrons. The van der Waals surface area contributed by atoms with E-state index in [1.165, 1.54) is 0 Å². The number of likely N-dealkylation sites (N-methyl/N-ethyl adjacent to an activating group) is 1. The molecule has 1 aromatic carbocycles. The van der Waals surface area contributed by atoms with Crippen LogP contribution in [0.15, 0.2) is 24.3 Å². The Hall–Kier alpha value is -0.620. The van der Waals surface area contributed by atoms with Crippen molar-refractivity contribution in [1.82, 2.24) is 9.62 Å². The fourth-order valence-electron chi connectivity index (χ4n) is 1.59. The summed E-state index contributed by atoms with van der Waals surface area (Å²) in [7, 11) is 0.665. The third-order valence-corrected chi connectivity index (χ3v) is 4.37. The van der Waals surface area contributed by atoms with E-state index < -0.39 is 10.0 Å². The van der Waals surface area contributed by atoms with Gasteiger partial charge in [-0.05, 0) is 38.7 Å². The van der Waals surface area contributed by atoms with Crippen LogP contribution >= 0.6 is 11.6 Å². The highest BCUT2D eigenvalue weighted by atomic mass is 35.5. The van der Waals surface area contributed by atoms with E-state index in [4.69, 9.17) is 11.6 Å². The largest absolute Gasteiger partial charge is 0.301 e. The van der Waals surface area contributed by atoms with Gasteiger partial charge in [0.15, 0.2) is 0 Å². The topological polar surface area (TPSA) is 49.4 Å². The number of benzene rings is 1. The molecule has 1 atom stereocenters. The number of halogens is 1. The van der Waals surface area contributed by atoms with E-state index in [9.17, 15) is 8.42 Å². The Labute approximate surface area is 114 Å². The second-order valence-corrected chi connectivity index (χ2v) is 6.81. The summed E-state index contributed by atoms with van der Waals surface area (Å²) in [6.45, 7) is 1.97. The van der Waals surface area contributed by atoms with Crippen LogP contribution in [0, 0.1) is 0 Å². The van der Waals surface area contributed by atoms with Crippen molar-refractivity contribution >= 4 is 21.6 Å². The number of rotatable bonds is 6. The van der Waals surface area contributed by atoms with E-state index in [0.29, 0.717) is 11.6 Å². The molecule has 0 bridgehead atoms. The lowest BCUT2D eigenvalue weighted by molar-refractivity contribution is 0.299. The highest BCUT2D eigenvalue weighted by Gasteiger charge is 2.16. The van der Waals surface area contributed by atoms with Gasteiger partial charge in [0.25, 0.3) is 0 Å². The number of hydrogen-bond acceptors (Lipinski definition) is 3. The summed E-state index contributed by atoms with van der Waals surface area (Å²) in [5, 5.41) is 0.672. The lowest BCUT2D eigenvalue weighted by Crippen LogP contribution is -2.35. The van der Waals surface area contributed by atoms with E-state index in [0.717, 1.165) is 5.56 Å². The molecule has 0 aliphatic rings. The van der Waals surface area contributed by atoms with Crippen LogP contribution in [0.1, 0.15) is 18.5 Å². The second kappa shape index (κ2) is 6.52. The van der Waals surface area contributed by atoms with Crippen molar-refractivity contribution < 1.29 is 8.42 Å². The molecule has 0 amide bonds. The van der Waals surface area contributed by atoms with E-state index >= 15 is 0 Å². The van der Waals surface area contributed by atoms with Gasteiger partial charge in [0.2, 0.25) is 10.0 Å². The summed E-state index contributed by atoms with van der Waals surface area (Å²) in [5.41, 5.74) is 1.03.